The summed E-state index contributed by atoms with van der Waals surface area (Å²) < 4.78 is 6.05. The maximum atomic E-state index is 12.5. The Hall–Kier alpha value is -2.95. The van der Waals surface area contributed by atoms with Crippen LogP contribution in [0.1, 0.15) is 10.5 Å². The van der Waals surface area contributed by atoms with Gasteiger partial charge in [-0.3, -0.25) is 4.79 Å². The molecule has 0 unspecified atom stereocenters. The molecule has 3 heterocycles. The Morgan fingerprint density at radius 2 is 2.03 bits per heavy atom. The zero-order chi connectivity index (χ0) is 22.5. The molecule has 3 aromatic rings. The van der Waals surface area contributed by atoms with Gasteiger partial charge in [0.15, 0.2) is 5.82 Å². The lowest BCUT2D eigenvalue weighted by molar-refractivity contribution is 0.102. The molecule has 0 radical (unpaired) electrons. The molecule has 9 nitrogen and oxygen atoms in total. The number of nitrogens with zero attached hydrogens (tertiary/aromatic N) is 4. The molecule has 0 atom stereocenters. The first-order chi connectivity index (χ1) is 15.5. The van der Waals surface area contributed by atoms with Crippen LogP contribution in [-0.2, 0) is 0 Å². The van der Waals surface area contributed by atoms with E-state index in [9.17, 15) is 4.79 Å². The minimum Gasteiger partial charge on any atom is -0.494 e. The maximum Gasteiger partial charge on any atom is 0.274 e. The van der Waals surface area contributed by atoms with Crippen LogP contribution in [0.25, 0.3) is 0 Å². The third kappa shape index (κ3) is 5.26. The number of amides is 1. The fourth-order valence-corrected chi connectivity index (χ4v) is 3.67. The van der Waals surface area contributed by atoms with Gasteiger partial charge in [0, 0.05) is 37.9 Å². The summed E-state index contributed by atoms with van der Waals surface area (Å²) in [5.74, 6) is 1.25. The van der Waals surface area contributed by atoms with Crippen LogP contribution in [0.3, 0.4) is 0 Å². The summed E-state index contributed by atoms with van der Waals surface area (Å²) in [6, 6.07) is 10.4. The molecule has 0 spiro atoms. The minimum absolute atomic E-state index is 0.289. The van der Waals surface area contributed by atoms with Gasteiger partial charge in [-0.1, -0.05) is 17.7 Å². The molecule has 2 aromatic heterocycles. The molecule has 0 bridgehead atoms. The lowest BCUT2D eigenvalue weighted by atomic mass is 10.2. The van der Waals surface area contributed by atoms with E-state index in [4.69, 9.17) is 16.3 Å². The molecule has 1 aromatic carbocycles. The highest BCUT2D eigenvalue weighted by Gasteiger charge is 2.16. The summed E-state index contributed by atoms with van der Waals surface area (Å²) in [5.41, 5.74) is 1.50. The molecule has 1 aliphatic rings. The number of anilines is 4. The third-order valence-corrected chi connectivity index (χ3v) is 5.51. The Balaban J connectivity index is 1.52. The van der Waals surface area contributed by atoms with Crippen molar-refractivity contribution in [1.29, 1.82) is 0 Å². The molecule has 32 heavy (non-hydrogen) atoms. The van der Waals surface area contributed by atoms with Crippen LogP contribution in [0.15, 0.2) is 47.2 Å². The topological polar surface area (TPSA) is 104 Å². The number of nitrogens with one attached hydrogen (secondary N) is 3. The van der Waals surface area contributed by atoms with E-state index >= 15 is 0 Å². The molecule has 166 valence electrons. The van der Waals surface area contributed by atoms with Crippen LogP contribution in [0.4, 0.5) is 23.1 Å². The molecule has 1 fully saturated rings. The Bertz CT molecular complexity index is 1130. The Kier molecular flexibility index (Phi) is 7.03. The molecule has 3 N–H and O–H groups in total. The monoisotopic (exact) mass is 517 g/mol. The number of hydrogen-bond donors (Lipinski definition) is 3. The Morgan fingerprint density at radius 1 is 1.22 bits per heavy atom. The van der Waals surface area contributed by atoms with E-state index in [1.165, 1.54) is 7.11 Å². The van der Waals surface area contributed by atoms with Gasteiger partial charge in [0.1, 0.15) is 21.1 Å². The molecule has 0 aliphatic carbocycles. The first kappa shape index (κ1) is 22.3. The van der Waals surface area contributed by atoms with Crippen LogP contribution in [0.2, 0.25) is 5.02 Å². The number of pyridine rings is 1. The van der Waals surface area contributed by atoms with Crippen LogP contribution < -0.4 is 25.6 Å². The van der Waals surface area contributed by atoms with Crippen LogP contribution in [0, 0.1) is 0 Å². The van der Waals surface area contributed by atoms with E-state index in [0.717, 1.165) is 26.2 Å². The van der Waals surface area contributed by atoms with Gasteiger partial charge < -0.3 is 25.6 Å². The van der Waals surface area contributed by atoms with Gasteiger partial charge in [0.25, 0.3) is 5.91 Å². The largest absolute Gasteiger partial charge is 0.494 e. The normalized spacial score (nSPS) is 13.5. The average molecular weight is 519 g/mol. The fraction of sp³-hybridized carbons (Fsp3) is 0.238. The maximum absolute atomic E-state index is 12.5. The van der Waals surface area contributed by atoms with Crippen molar-refractivity contribution >= 4 is 56.6 Å². The van der Waals surface area contributed by atoms with E-state index in [0.29, 0.717) is 38.5 Å². The second-order valence-electron chi connectivity index (χ2n) is 6.94. The second-order valence-corrected chi connectivity index (χ2v) is 8.16. The Labute approximate surface area is 198 Å². The number of carbonyl (C=O) groups excluding carboxylic acids is 1. The number of methoxy groups -OCH3 is 1. The lowest BCUT2D eigenvalue weighted by Crippen LogP contribution is -2.44. The molecule has 0 saturated carbocycles. The van der Waals surface area contributed by atoms with Crippen LogP contribution in [-0.4, -0.2) is 54.1 Å². The van der Waals surface area contributed by atoms with Gasteiger partial charge in [0.2, 0.25) is 5.95 Å². The van der Waals surface area contributed by atoms with Crippen molar-refractivity contribution in [2.45, 2.75) is 0 Å². The standard InChI is InChI=1S/C21H21BrClN7O2/c1-32-17-11-13(5-6-15(17)28-20(31)16-3-2-4-18(22)27-16)26-19-14(23)12-25-21(29-19)30-9-7-24-8-10-30/h2-6,11-12,24H,7-10H2,1H3,(H,28,31)(H,25,26,29). The van der Waals surface area contributed by atoms with E-state index in [1.54, 1.807) is 42.6 Å². The van der Waals surface area contributed by atoms with Gasteiger partial charge in [-0.2, -0.15) is 4.98 Å². The summed E-state index contributed by atoms with van der Waals surface area (Å²) in [5, 5.41) is 9.74. The summed E-state index contributed by atoms with van der Waals surface area (Å²) in [4.78, 5) is 27.7. The molecule has 1 aliphatic heterocycles. The zero-order valence-corrected chi connectivity index (χ0v) is 19.6. The summed E-state index contributed by atoms with van der Waals surface area (Å²) in [6.07, 6.45) is 1.59. The van der Waals surface area contributed by atoms with Gasteiger partial charge in [0.05, 0.1) is 19.0 Å². The van der Waals surface area contributed by atoms with E-state index in [2.05, 4.69) is 51.7 Å². The van der Waals surface area contributed by atoms with Crippen molar-refractivity contribution in [3.8, 4) is 5.75 Å². The molecule has 4 rings (SSSR count). The fourth-order valence-electron chi connectivity index (χ4n) is 3.19. The van der Waals surface area contributed by atoms with Crippen molar-refractivity contribution in [2.75, 3.05) is 48.8 Å². The molecule has 1 saturated heterocycles. The smallest absolute Gasteiger partial charge is 0.274 e. The number of piperazine rings is 1. The van der Waals surface area contributed by atoms with Crippen molar-refractivity contribution in [3.05, 3.63) is 57.9 Å². The van der Waals surface area contributed by atoms with Crippen molar-refractivity contribution in [3.63, 3.8) is 0 Å². The highest BCUT2D eigenvalue weighted by atomic mass is 79.9. The number of aromatic nitrogens is 3. The first-order valence-corrected chi connectivity index (χ1v) is 11.1. The quantitative estimate of drug-likeness (QED) is 0.424. The SMILES string of the molecule is COc1cc(Nc2nc(N3CCNCC3)ncc2Cl)ccc1NC(=O)c1cccc(Br)n1. The van der Waals surface area contributed by atoms with E-state index < -0.39 is 0 Å². The minimum atomic E-state index is -0.343. The number of hydrogen-bond acceptors (Lipinski definition) is 8. The summed E-state index contributed by atoms with van der Waals surface area (Å²) in [6.45, 7) is 3.43. The molecule has 11 heteroatoms. The van der Waals surface area contributed by atoms with Gasteiger partial charge >= 0.3 is 0 Å². The highest BCUT2D eigenvalue weighted by molar-refractivity contribution is 9.10. The number of halogens is 2. The zero-order valence-electron chi connectivity index (χ0n) is 17.2. The van der Waals surface area contributed by atoms with E-state index in [-0.39, 0.29) is 11.6 Å². The number of rotatable bonds is 6. The predicted molar refractivity (Wildman–Crippen MR) is 128 cm³/mol. The van der Waals surface area contributed by atoms with E-state index in [1.807, 2.05) is 0 Å². The third-order valence-electron chi connectivity index (χ3n) is 4.79. The number of benzene rings is 1. The van der Waals surface area contributed by atoms with Gasteiger partial charge in [-0.05, 0) is 40.2 Å². The number of carbonyl (C=O) groups is 1. The summed E-state index contributed by atoms with van der Waals surface area (Å²) in [7, 11) is 1.53. The van der Waals surface area contributed by atoms with Crippen LogP contribution >= 0.6 is 27.5 Å². The van der Waals surface area contributed by atoms with Gasteiger partial charge in [-0.25, -0.2) is 9.97 Å². The highest BCUT2D eigenvalue weighted by Crippen LogP contribution is 2.31. The average Bonchev–Trinajstić information content (AvgIpc) is 2.82. The Morgan fingerprint density at radius 3 is 2.78 bits per heavy atom. The molecular weight excluding hydrogens is 498 g/mol. The van der Waals surface area contributed by atoms with Crippen LogP contribution in [0.5, 0.6) is 5.75 Å². The van der Waals surface area contributed by atoms with Crippen molar-refractivity contribution in [2.24, 2.45) is 0 Å². The number of ether oxygens (including phenoxy) is 1. The first-order valence-electron chi connectivity index (χ1n) is 9.90. The lowest BCUT2D eigenvalue weighted by Gasteiger charge is -2.27. The molecular formula is C21H21BrClN7O2. The molecule has 1 amide bonds. The predicted octanol–water partition coefficient (Wildman–Crippen LogP) is 3.70. The van der Waals surface area contributed by atoms with Crippen molar-refractivity contribution in [1.82, 2.24) is 20.3 Å². The van der Waals surface area contributed by atoms with Crippen molar-refractivity contribution < 1.29 is 9.53 Å². The summed E-state index contributed by atoms with van der Waals surface area (Å²) >= 11 is 9.59. The van der Waals surface area contributed by atoms with Gasteiger partial charge in [-0.15, -0.1) is 0 Å². The second kappa shape index (κ2) is 10.1.